The number of sulfonamides is 1. The van der Waals surface area contributed by atoms with E-state index in [1.54, 1.807) is 13.0 Å². The number of benzene rings is 2. The lowest BCUT2D eigenvalue weighted by Gasteiger charge is -2.07. The molecule has 0 aliphatic carbocycles. The first-order valence-corrected chi connectivity index (χ1v) is 8.81. The van der Waals surface area contributed by atoms with Crippen LogP contribution in [0.15, 0.2) is 40.3 Å². The number of hydrogen-bond acceptors (Lipinski definition) is 7. The third-order valence-electron chi connectivity index (χ3n) is 3.69. The Morgan fingerprint density at radius 1 is 1.23 bits per heavy atom. The van der Waals surface area contributed by atoms with Crippen LogP contribution < -0.4 is 9.57 Å². The highest BCUT2D eigenvalue weighted by Crippen LogP contribution is 2.33. The lowest BCUT2D eigenvalue weighted by atomic mass is 10.1. The van der Waals surface area contributed by atoms with E-state index >= 15 is 0 Å². The minimum Gasteiger partial charge on any atom is -0.504 e. The Morgan fingerprint density at radius 3 is 2.50 bits per heavy atom. The summed E-state index contributed by atoms with van der Waals surface area (Å²) in [6.45, 7) is 3.64. The summed E-state index contributed by atoms with van der Waals surface area (Å²) in [5, 5.41) is 24.5. The van der Waals surface area contributed by atoms with Gasteiger partial charge in [-0.3, -0.25) is 10.1 Å². The molecule has 0 bridgehead atoms. The number of nitro benzene ring substituents is 1. The normalized spacial score (nSPS) is 11.5. The molecule has 2 rings (SSSR count). The molecule has 0 spiro atoms. The van der Waals surface area contributed by atoms with Gasteiger partial charge in [-0.15, -0.1) is 0 Å². The van der Waals surface area contributed by atoms with Gasteiger partial charge in [0.1, 0.15) is 0 Å². The molecule has 0 saturated heterocycles. The zero-order chi connectivity index (χ0) is 19.5. The molecule has 0 aromatic heterocycles. The first-order valence-electron chi connectivity index (χ1n) is 7.33. The average Bonchev–Trinajstić information content (AvgIpc) is 2.58. The quantitative estimate of drug-likeness (QED) is 0.449. The number of phenolic OH excluding ortho intramolecular Hbond substituents is 1. The highest BCUT2D eigenvalue weighted by atomic mass is 32.2. The van der Waals surface area contributed by atoms with Gasteiger partial charge in [0, 0.05) is 11.6 Å². The molecule has 0 atom stereocenters. The van der Waals surface area contributed by atoms with Crippen molar-refractivity contribution in [2.75, 3.05) is 7.11 Å². The van der Waals surface area contributed by atoms with Crippen LogP contribution >= 0.6 is 0 Å². The van der Waals surface area contributed by atoms with E-state index in [2.05, 4.69) is 5.10 Å². The number of ether oxygens (including phenoxy) is 1. The van der Waals surface area contributed by atoms with Gasteiger partial charge in [-0.25, -0.2) is 4.83 Å². The van der Waals surface area contributed by atoms with E-state index in [0.717, 1.165) is 29.5 Å². The second-order valence-corrected chi connectivity index (χ2v) is 7.10. The summed E-state index contributed by atoms with van der Waals surface area (Å²) in [4.78, 5) is 12.3. The summed E-state index contributed by atoms with van der Waals surface area (Å²) in [6, 6.07) is 6.71. The third-order valence-corrected chi connectivity index (χ3v) is 4.91. The Kier molecular flexibility index (Phi) is 5.46. The molecule has 138 valence electrons. The minimum absolute atomic E-state index is 0.0265. The molecule has 0 fully saturated rings. The molecule has 2 aromatic carbocycles. The van der Waals surface area contributed by atoms with Gasteiger partial charge in [-0.1, -0.05) is 6.07 Å². The maximum Gasteiger partial charge on any atom is 0.276 e. The summed E-state index contributed by atoms with van der Waals surface area (Å²) in [5.74, 6) is -0.523. The average molecular weight is 379 g/mol. The van der Waals surface area contributed by atoms with Crippen molar-refractivity contribution in [3.8, 4) is 11.5 Å². The maximum absolute atomic E-state index is 12.2. The highest BCUT2D eigenvalue weighted by molar-refractivity contribution is 7.89. The summed E-state index contributed by atoms with van der Waals surface area (Å²) in [6.07, 6.45) is 0.962. The Balaban J connectivity index is 2.31. The van der Waals surface area contributed by atoms with Gasteiger partial charge in [0.05, 0.1) is 29.2 Å². The van der Waals surface area contributed by atoms with Crippen molar-refractivity contribution in [3.05, 3.63) is 57.1 Å². The van der Waals surface area contributed by atoms with E-state index in [1.807, 2.05) is 11.8 Å². The number of hydrogen-bond donors (Lipinski definition) is 2. The lowest BCUT2D eigenvalue weighted by molar-refractivity contribution is -0.385. The fourth-order valence-electron chi connectivity index (χ4n) is 2.07. The van der Waals surface area contributed by atoms with Crippen LogP contribution in [0.4, 0.5) is 5.69 Å². The van der Waals surface area contributed by atoms with Crippen molar-refractivity contribution in [2.45, 2.75) is 18.7 Å². The first kappa shape index (κ1) is 19.2. The molecule has 26 heavy (non-hydrogen) atoms. The molecule has 2 aromatic rings. The number of phenols is 1. The highest BCUT2D eigenvalue weighted by Gasteiger charge is 2.17. The van der Waals surface area contributed by atoms with Gasteiger partial charge in [-0.2, -0.15) is 13.5 Å². The number of methoxy groups -OCH3 is 1. The minimum atomic E-state index is -3.92. The van der Waals surface area contributed by atoms with Crippen LogP contribution in [-0.2, 0) is 10.0 Å². The van der Waals surface area contributed by atoms with E-state index < -0.39 is 20.7 Å². The molecule has 0 amide bonds. The number of nitrogens with zero attached hydrogens (tertiary/aromatic N) is 2. The number of aromatic hydroxyl groups is 1. The predicted molar refractivity (Wildman–Crippen MR) is 95.1 cm³/mol. The molecule has 0 heterocycles. The van der Waals surface area contributed by atoms with E-state index in [9.17, 15) is 23.6 Å². The summed E-state index contributed by atoms with van der Waals surface area (Å²) >= 11 is 0. The molecule has 9 nitrogen and oxygen atoms in total. The van der Waals surface area contributed by atoms with E-state index in [4.69, 9.17) is 4.74 Å². The van der Waals surface area contributed by atoms with Gasteiger partial charge in [-0.05, 0) is 37.1 Å². The van der Waals surface area contributed by atoms with Crippen molar-refractivity contribution in [2.24, 2.45) is 5.10 Å². The molecular weight excluding hydrogens is 362 g/mol. The van der Waals surface area contributed by atoms with Crippen LogP contribution in [-0.4, -0.2) is 31.8 Å². The Hall–Kier alpha value is -3.14. The van der Waals surface area contributed by atoms with Crippen LogP contribution in [0.3, 0.4) is 0 Å². The largest absolute Gasteiger partial charge is 0.504 e. The third kappa shape index (κ3) is 4.09. The second kappa shape index (κ2) is 7.40. The zero-order valence-electron chi connectivity index (χ0n) is 14.3. The van der Waals surface area contributed by atoms with Gasteiger partial charge in [0.25, 0.3) is 15.7 Å². The molecule has 0 radical (unpaired) electrons. The fourth-order valence-corrected chi connectivity index (χ4v) is 2.95. The molecule has 0 unspecified atom stereocenters. The fraction of sp³-hybridized carbons (Fsp3) is 0.188. The van der Waals surface area contributed by atoms with Crippen LogP contribution in [0.5, 0.6) is 11.5 Å². The second-order valence-electron chi connectivity index (χ2n) is 5.44. The SMILES string of the molecule is COc1cc([N+](=O)[O-])cc(/C=N/NS(=O)(=O)c2ccc(C)c(C)c2)c1O. The smallest absolute Gasteiger partial charge is 0.276 e. The Morgan fingerprint density at radius 2 is 1.92 bits per heavy atom. The van der Waals surface area contributed by atoms with Crippen molar-refractivity contribution in [1.29, 1.82) is 0 Å². The van der Waals surface area contributed by atoms with Gasteiger partial charge >= 0.3 is 0 Å². The van der Waals surface area contributed by atoms with Crippen LogP contribution in [0.25, 0.3) is 0 Å². The summed E-state index contributed by atoms with van der Waals surface area (Å²) in [7, 11) is -2.68. The number of aryl methyl sites for hydroxylation is 2. The first-order chi connectivity index (χ1) is 12.2. The van der Waals surface area contributed by atoms with Crippen molar-refractivity contribution in [1.82, 2.24) is 4.83 Å². The van der Waals surface area contributed by atoms with Crippen LogP contribution in [0.1, 0.15) is 16.7 Å². The number of hydrazone groups is 1. The number of nitrogens with one attached hydrogen (secondary N) is 1. The van der Waals surface area contributed by atoms with Crippen molar-refractivity contribution in [3.63, 3.8) is 0 Å². The zero-order valence-corrected chi connectivity index (χ0v) is 15.1. The molecule has 10 heteroatoms. The summed E-state index contributed by atoms with van der Waals surface area (Å²) in [5.41, 5.74) is 1.34. The van der Waals surface area contributed by atoms with Crippen LogP contribution in [0.2, 0.25) is 0 Å². The van der Waals surface area contributed by atoms with Gasteiger partial charge in [0.2, 0.25) is 0 Å². The van der Waals surface area contributed by atoms with E-state index in [-0.39, 0.29) is 21.9 Å². The molecule has 0 saturated carbocycles. The van der Waals surface area contributed by atoms with E-state index in [1.165, 1.54) is 19.2 Å². The van der Waals surface area contributed by atoms with E-state index in [0.29, 0.717) is 0 Å². The van der Waals surface area contributed by atoms with Gasteiger partial charge in [0.15, 0.2) is 11.5 Å². The number of rotatable bonds is 6. The Bertz CT molecular complexity index is 986. The van der Waals surface area contributed by atoms with Gasteiger partial charge < -0.3 is 9.84 Å². The monoisotopic (exact) mass is 379 g/mol. The standard InChI is InChI=1S/C16H17N3O6S/c1-10-4-5-14(6-11(10)2)26(23,24)18-17-9-12-7-13(19(21)22)8-15(25-3)16(12)20/h4-9,18,20H,1-3H3/b17-9+. The number of non-ortho nitro benzene ring substituents is 1. The number of nitro groups is 1. The molecule has 0 aliphatic heterocycles. The lowest BCUT2D eigenvalue weighted by Crippen LogP contribution is -2.18. The van der Waals surface area contributed by atoms with Crippen molar-refractivity contribution < 1.29 is 23.2 Å². The molecule has 0 aliphatic rings. The van der Waals surface area contributed by atoms with Crippen LogP contribution in [0, 0.1) is 24.0 Å². The topological polar surface area (TPSA) is 131 Å². The Labute approximate surface area is 150 Å². The van der Waals surface area contributed by atoms with Crippen molar-refractivity contribution >= 4 is 21.9 Å². The predicted octanol–water partition coefficient (Wildman–Crippen LogP) is 2.24. The summed E-state index contributed by atoms with van der Waals surface area (Å²) < 4.78 is 29.4. The maximum atomic E-state index is 12.2. The molecular formula is C16H17N3O6S. The molecule has 2 N–H and O–H groups in total.